The van der Waals surface area contributed by atoms with Gasteiger partial charge in [0, 0.05) is 31.0 Å². The molecule has 2 saturated carbocycles. The molecule has 2 aliphatic carbocycles. The highest BCUT2D eigenvalue weighted by atomic mass is 16.3. The Hall–Kier alpha value is -0.410. The lowest BCUT2D eigenvalue weighted by Gasteiger charge is -2.49. The van der Waals surface area contributed by atoms with Gasteiger partial charge in [-0.05, 0) is 32.1 Å². The van der Waals surface area contributed by atoms with Crippen LogP contribution in [0.4, 0.5) is 0 Å². The Kier molecular flexibility index (Phi) is 4.70. The molecule has 0 spiro atoms. The van der Waals surface area contributed by atoms with Crippen molar-refractivity contribution in [3.05, 3.63) is 0 Å². The maximum Gasteiger partial charge on any atom is 0.127 e. The van der Waals surface area contributed by atoms with Gasteiger partial charge < -0.3 is 14.8 Å². The number of carbonyl (C=O) groups is 1. The smallest absolute Gasteiger partial charge is 0.127 e. The molecule has 1 aliphatic heterocycles. The number of likely N-dealkylation sites (tertiary alicyclic amines) is 1. The van der Waals surface area contributed by atoms with E-state index in [1.54, 1.807) is 0 Å². The van der Waals surface area contributed by atoms with E-state index in [9.17, 15) is 9.90 Å². The number of nitrogens with zero attached hydrogens (tertiary/aromatic N) is 1. The number of fused-ring (bicyclic) bond motifs is 1. The lowest BCUT2D eigenvalue weighted by Crippen LogP contribution is -2.55. The molecule has 1 saturated heterocycles. The minimum Gasteiger partial charge on any atom is -0.390 e. The van der Waals surface area contributed by atoms with Gasteiger partial charge in [-0.3, -0.25) is 0 Å². The van der Waals surface area contributed by atoms with Crippen molar-refractivity contribution in [1.29, 1.82) is 0 Å². The minimum atomic E-state index is -0.396. The van der Waals surface area contributed by atoms with E-state index in [0.29, 0.717) is 5.92 Å². The van der Waals surface area contributed by atoms with Gasteiger partial charge in [-0.2, -0.15) is 0 Å². The second-order valence-electron chi connectivity index (χ2n) is 7.93. The minimum absolute atomic E-state index is 0.0966. The summed E-state index contributed by atoms with van der Waals surface area (Å²) >= 11 is 0. The summed E-state index contributed by atoms with van der Waals surface area (Å²) in [4.78, 5) is 14.3. The number of hydrogen-bond acceptors (Lipinski definition) is 3. The summed E-state index contributed by atoms with van der Waals surface area (Å²) in [7, 11) is 0. The second kappa shape index (κ2) is 6.37. The molecule has 0 aromatic heterocycles. The van der Waals surface area contributed by atoms with Crippen LogP contribution in [0.3, 0.4) is 0 Å². The summed E-state index contributed by atoms with van der Waals surface area (Å²) in [6, 6.07) is 0. The van der Waals surface area contributed by atoms with Gasteiger partial charge in [-0.25, -0.2) is 0 Å². The third-order valence-electron chi connectivity index (χ3n) is 6.40. The fraction of sp³-hybridized carbons (Fsp3) is 0.944. The fourth-order valence-electron chi connectivity index (χ4n) is 4.97. The molecule has 3 fully saturated rings. The van der Waals surface area contributed by atoms with Crippen molar-refractivity contribution in [3.63, 3.8) is 0 Å². The number of aliphatic hydroxyl groups is 1. The third-order valence-corrected chi connectivity index (χ3v) is 6.40. The fourth-order valence-corrected chi connectivity index (χ4v) is 4.97. The highest BCUT2D eigenvalue weighted by Gasteiger charge is 2.44. The number of hydrogen-bond donors (Lipinski definition) is 1. The van der Waals surface area contributed by atoms with E-state index in [1.165, 1.54) is 51.2 Å². The standard InChI is InChI=1S/C18H31NO2/c20-15-17(8-4-1-2-5-9-17)14-19-12-11-18(21)10-6-3-7-16(18)13-19/h15-16,21H,1-14H2. The SMILES string of the molecule is O=CC1(CN2CCC3(O)CCCCC3C2)CCCCCC1. The van der Waals surface area contributed by atoms with E-state index < -0.39 is 5.60 Å². The summed E-state index contributed by atoms with van der Waals surface area (Å²) < 4.78 is 0. The van der Waals surface area contributed by atoms with E-state index in [-0.39, 0.29) is 5.41 Å². The number of rotatable bonds is 3. The van der Waals surface area contributed by atoms with Crippen LogP contribution < -0.4 is 0 Å². The Balaban J connectivity index is 1.63. The molecular weight excluding hydrogens is 262 g/mol. The van der Waals surface area contributed by atoms with E-state index in [4.69, 9.17) is 0 Å². The van der Waals surface area contributed by atoms with Gasteiger partial charge in [0.2, 0.25) is 0 Å². The van der Waals surface area contributed by atoms with Crippen molar-refractivity contribution in [1.82, 2.24) is 4.90 Å². The van der Waals surface area contributed by atoms with Crippen LogP contribution in [0.5, 0.6) is 0 Å². The Morgan fingerprint density at radius 2 is 1.71 bits per heavy atom. The van der Waals surface area contributed by atoms with E-state index in [1.807, 2.05) is 0 Å². The van der Waals surface area contributed by atoms with Crippen LogP contribution in [0.25, 0.3) is 0 Å². The molecule has 21 heavy (non-hydrogen) atoms. The van der Waals surface area contributed by atoms with Crippen molar-refractivity contribution in [2.75, 3.05) is 19.6 Å². The van der Waals surface area contributed by atoms with Crippen molar-refractivity contribution in [2.45, 2.75) is 76.2 Å². The summed E-state index contributed by atoms with van der Waals surface area (Å²) in [6.07, 6.45) is 13.9. The van der Waals surface area contributed by atoms with Crippen LogP contribution in [0.15, 0.2) is 0 Å². The first-order chi connectivity index (χ1) is 10.2. The van der Waals surface area contributed by atoms with Crippen LogP contribution in [0, 0.1) is 11.3 Å². The van der Waals surface area contributed by atoms with Gasteiger partial charge in [0.1, 0.15) is 6.29 Å². The molecule has 3 nitrogen and oxygen atoms in total. The average molecular weight is 293 g/mol. The maximum absolute atomic E-state index is 11.8. The quantitative estimate of drug-likeness (QED) is 0.642. The number of aldehydes is 1. The molecule has 120 valence electrons. The topological polar surface area (TPSA) is 40.5 Å². The predicted octanol–water partition coefficient (Wildman–Crippen LogP) is 3.15. The van der Waals surface area contributed by atoms with Gasteiger partial charge in [0.25, 0.3) is 0 Å². The van der Waals surface area contributed by atoms with Crippen LogP contribution in [-0.4, -0.2) is 41.5 Å². The second-order valence-corrected chi connectivity index (χ2v) is 7.93. The molecule has 3 rings (SSSR count). The largest absolute Gasteiger partial charge is 0.390 e. The lowest BCUT2D eigenvalue weighted by atomic mass is 9.70. The van der Waals surface area contributed by atoms with Crippen LogP contribution in [0.2, 0.25) is 0 Å². The molecule has 0 radical (unpaired) electrons. The molecule has 0 bridgehead atoms. The zero-order valence-electron chi connectivity index (χ0n) is 13.4. The first-order valence-corrected chi connectivity index (χ1v) is 9.07. The summed E-state index contributed by atoms with van der Waals surface area (Å²) in [5.41, 5.74) is -0.493. The molecule has 1 N–H and O–H groups in total. The molecular formula is C18H31NO2. The van der Waals surface area contributed by atoms with Crippen molar-refractivity contribution in [3.8, 4) is 0 Å². The van der Waals surface area contributed by atoms with Gasteiger partial charge in [-0.15, -0.1) is 0 Å². The molecule has 0 amide bonds. The van der Waals surface area contributed by atoms with Crippen LogP contribution in [-0.2, 0) is 4.79 Å². The Labute approximate surface area is 129 Å². The first kappa shape index (κ1) is 15.5. The monoisotopic (exact) mass is 293 g/mol. The van der Waals surface area contributed by atoms with Crippen LogP contribution in [0.1, 0.15) is 70.6 Å². The molecule has 0 aromatic rings. The average Bonchev–Trinajstić information content (AvgIpc) is 2.74. The van der Waals surface area contributed by atoms with Crippen LogP contribution >= 0.6 is 0 Å². The van der Waals surface area contributed by atoms with Gasteiger partial charge in [-0.1, -0.05) is 38.5 Å². The van der Waals surface area contributed by atoms with E-state index >= 15 is 0 Å². The molecule has 2 unspecified atom stereocenters. The Morgan fingerprint density at radius 3 is 2.43 bits per heavy atom. The van der Waals surface area contributed by atoms with Gasteiger partial charge >= 0.3 is 0 Å². The zero-order valence-corrected chi connectivity index (χ0v) is 13.4. The predicted molar refractivity (Wildman–Crippen MR) is 84.2 cm³/mol. The molecule has 0 aromatic carbocycles. The summed E-state index contributed by atoms with van der Waals surface area (Å²) in [5, 5.41) is 10.8. The Bertz CT molecular complexity index is 362. The van der Waals surface area contributed by atoms with E-state index in [0.717, 1.165) is 45.3 Å². The van der Waals surface area contributed by atoms with Crippen molar-refractivity contribution < 1.29 is 9.90 Å². The molecule has 2 atom stereocenters. The highest BCUT2D eigenvalue weighted by molar-refractivity contribution is 5.59. The van der Waals surface area contributed by atoms with Crippen molar-refractivity contribution >= 4 is 6.29 Å². The third kappa shape index (κ3) is 3.34. The molecule has 1 heterocycles. The van der Waals surface area contributed by atoms with Gasteiger partial charge in [0.05, 0.1) is 5.60 Å². The van der Waals surface area contributed by atoms with Gasteiger partial charge in [0.15, 0.2) is 0 Å². The summed E-state index contributed by atoms with van der Waals surface area (Å²) in [6.45, 7) is 2.91. The first-order valence-electron chi connectivity index (χ1n) is 9.07. The zero-order chi connectivity index (χ0) is 14.8. The highest BCUT2D eigenvalue weighted by Crippen LogP contribution is 2.41. The maximum atomic E-state index is 11.8. The molecule has 3 heteroatoms. The number of piperidine rings is 1. The normalized spacial score (nSPS) is 37.5. The van der Waals surface area contributed by atoms with E-state index in [2.05, 4.69) is 4.90 Å². The Morgan fingerprint density at radius 1 is 1.00 bits per heavy atom. The van der Waals surface area contributed by atoms with Crippen molar-refractivity contribution in [2.24, 2.45) is 11.3 Å². The lowest BCUT2D eigenvalue weighted by molar-refractivity contribution is -0.122. The molecule has 3 aliphatic rings. The summed E-state index contributed by atoms with van der Waals surface area (Å²) in [5.74, 6) is 0.439. The number of carbonyl (C=O) groups excluding carboxylic acids is 1.